The maximum absolute atomic E-state index is 11.1. The van der Waals surface area contributed by atoms with E-state index >= 15 is 0 Å². The predicted octanol–water partition coefficient (Wildman–Crippen LogP) is 3.31. The van der Waals surface area contributed by atoms with Gasteiger partial charge < -0.3 is 9.67 Å². The Bertz CT molecular complexity index is 386. The van der Waals surface area contributed by atoms with Crippen LogP contribution in [-0.4, -0.2) is 15.6 Å². The van der Waals surface area contributed by atoms with Crippen LogP contribution in [0, 0.1) is 5.92 Å². The fourth-order valence-electron chi connectivity index (χ4n) is 2.43. The van der Waals surface area contributed by atoms with Crippen molar-refractivity contribution in [2.24, 2.45) is 5.92 Å². The highest BCUT2D eigenvalue weighted by atomic mass is 79.9. The third-order valence-corrected chi connectivity index (χ3v) is 3.64. The Hall–Kier alpha value is -0.770. The molecule has 1 aliphatic rings. The van der Waals surface area contributed by atoms with Gasteiger partial charge in [-0.15, -0.1) is 0 Å². The molecule has 0 saturated heterocycles. The molecule has 2 rings (SSSR count). The maximum atomic E-state index is 11.1. The number of aromatic nitrogens is 1. The van der Waals surface area contributed by atoms with Crippen molar-refractivity contribution in [1.29, 1.82) is 0 Å². The molecular weight excluding hydrogens is 258 g/mol. The molecule has 3 nitrogen and oxygen atoms in total. The quantitative estimate of drug-likeness (QED) is 0.897. The van der Waals surface area contributed by atoms with Gasteiger partial charge >= 0.3 is 5.97 Å². The molecule has 1 N–H and O–H groups in total. The molecule has 1 aromatic heterocycles. The topological polar surface area (TPSA) is 42.2 Å². The van der Waals surface area contributed by atoms with E-state index in [9.17, 15) is 4.79 Å². The zero-order valence-corrected chi connectivity index (χ0v) is 10.2. The van der Waals surface area contributed by atoms with Gasteiger partial charge in [-0.1, -0.05) is 13.3 Å². The zero-order valence-electron chi connectivity index (χ0n) is 8.61. The number of hydrogen-bond donors (Lipinski definition) is 1. The number of rotatable bonds is 2. The van der Waals surface area contributed by atoms with E-state index < -0.39 is 5.97 Å². The van der Waals surface area contributed by atoms with E-state index in [1.165, 1.54) is 12.8 Å². The smallest absolute Gasteiger partial charge is 0.352 e. The molecule has 0 bridgehead atoms. The standard InChI is InChI=1S/C11H14BrNO2/c1-7-3-2-4-9(7)13-6-8(12)5-10(13)11(14)15/h5-7,9H,2-4H2,1H3,(H,14,15). The fraction of sp³-hybridized carbons (Fsp3) is 0.545. The minimum absolute atomic E-state index is 0.349. The van der Waals surface area contributed by atoms with Gasteiger partial charge in [-0.05, 0) is 40.8 Å². The molecule has 0 radical (unpaired) electrons. The van der Waals surface area contributed by atoms with E-state index in [1.807, 2.05) is 10.8 Å². The van der Waals surface area contributed by atoms with Crippen molar-refractivity contribution < 1.29 is 9.90 Å². The normalized spacial score (nSPS) is 25.7. The van der Waals surface area contributed by atoms with Gasteiger partial charge in [0.05, 0.1) is 0 Å². The number of carboxylic acid groups (broad SMARTS) is 1. The molecule has 1 heterocycles. The minimum Gasteiger partial charge on any atom is -0.477 e. The molecule has 0 aromatic carbocycles. The number of aromatic carboxylic acids is 1. The van der Waals surface area contributed by atoms with Crippen molar-refractivity contribution in [3.63, 3.8) is 0 Å². The van der Waals surface area contributed by atoms with Crippen LogP contribution in [-0.2, 0) is 0 Å². The van der Waals surface area contributed by atoms with Crippen molar-refractivity contribution in [3.8, 4) is 0 Å². The average molecular weight is 272 g/mol. The third kappa shape index (κ3) is 1.95. The summed E-state index contributed by atoms with van der Waals surface area (Å²) in [6.07, 6.45) is 5.36. The molecule has 0 spiro atoms. The second-order valence-corrected chi connectivity index (χ2v) is 5.15. The van der Waals surface area contributed by atoms with Gasteiger partial charge in [-0.25, -0.2) is 4.79 Å². The van der Waals surface area contributed by atoms with Crippen molar-refractivity contribution in [1.82, 2.24) is 4.57 Å². The van der Waals surface area contributed by atoms with Gasteiger partial charge in [0.2, 0.25) is 0 Å². The summed E-state index contributed by atoms with van der Waals surface area (Å²) in [5.74, 6) is -0.276. The lowest BCUT2D eigenvalue weighted by atomic mass is 10.1. The molecule has 1 aromatic rings. The Kier molecular flexibility index (Phi) is 2.87. The molecule has 0 aliphatic heterocycles. The van der Waals surface area contributed by atoms with E-state index in [0.717, 1.165) is 10.9 Å². The number of nitrogens with zero attached hydrogens (tertiary/aromatic N) is 1. The first-order valence-corrected chi connectivity index (χ1v) is 5.99. The molecule has 4 heteroatoms. The highest BCUT2D eigenvalue weighted by molar-refractivity contribution is 9.10. The van der Waals surface area contributed by atoms with Crippen LogP contribution in [0.1, 0.15) is 42.7 Å². The summed E-state index contributed by atoms with van der Waals surface area (Å²) in [4.78, 5) is 11.1. The Labute approximate surface area is 97.2 Å². The second-order valence-electron chi connectivity index (χ2n) is 4.23. The van der Waals surface area contributed by atoms with Gasteiger partial charge in [-0.2, -0.15) is 0 Å². The monoisotopic (exact) mass is 271 g/mol. The highest BCUT2D eigenvalue weighted by Gasteiger charge is 2.27. The Morgan fingerprint density at radius 1 is 1.60 bits per heavy atom. The lowest BCUT2D eigenvalue weighted by molar-refractivity contribution is 0.0681. The minimum atomic E-state index is -0.847. The second kappa shape index (κ2) is 4.00. The van der Waals surface area contributed by atoms with Crippen LogP contribution in [0.15, 0.2) is 16.7 Å². The first kappa shape index (κ1) is 10.7. The zero-order chi connectivity index (χ0) is 11.0. The number of carboxylic acids is 1. The first-order valence-electron chi connectivity index (χ1n) is 5.20. The van der Waals surface area contributed by atoms with Crippen molar-refractivity contribution in [2.45, 2.75) is 32.2 Å². The first-order chi connectivity index (χ1) is 7.09. The van der Waals surface area contributed by atoms with E-state index in [4.69, 9.17) is 5.11 Å². The van der Waals surface area contributed by atoms with Gasteiger partial charge in [0.15, 0.2) is 0 Å². The van der Waals surface area contributed by atoms with Crippen molar-refractivity contribution in [3.05, 3.63) is 22.4 Å². The Morgan fingerprint density at radius 2 is 2.33 bits per heavy atom. The summed E-state index contributed by atoms with van der Waals surface area (Å²) >= 11 is 3.33. The lowest BCUT2D eigenvalue weighted by Gasteiger charge is -2.19. The highest BCUT2D eigenvalue weighted by Crippen LogP contribution is 2.37. The van der Waals surface area contributed by atoms with Crippen LogP contribution >= 0.6 is 15.9 Å². The molecule has 2 atom stereocenters. The molecule has 2 unspecified atom stereocenters. The summed E-state index contributed by atoms with van der Waals surface area (Å²) in [6.45, 7) is 2.19. The van der Waals surface area contributed by atoms with E-state index in [0.29, 0.717) is 17.7 Å². The molecule has 1 aliphatic carbocycles. The molecule has 82 valence electrons. The Morgan fingerprint density at radius 3 is 2.87 bits per heavy atom. The molecule has 0 amide bonds. The SMILES string of the molecule is CC1CCCC1n1cc(Br)cc1C(=O)O. The molecule has 1 fully saturated rings. The number of hydrogen-bond acceptors (Lipinski definition) is 1. The predicted molar refractivity (Wildman–Crippen MR) is 61.1 cm³/mol. The maximum Gasteiger partial charge on any atom is 0.352 e. The van der Waals surface area contributed by atoms with E-state index in [1.54, 1.807) is 6.07 Å². The van der Waals surface area contributed by atoms with E-state index in [-0.39, 0.29) is 0 Å². The Balaban J connectivity index is 2.38. The summed E-state index contributed by atoms with van der Waals surface area (Å²) in [5, 5.41) is 9.08. The van der Waals surface area contributed by atoms with Gasteiger partial charge in [0.25, 0.3) is 0 Å². The summed E-state index contributed by atoms with van der Waals surface area (Å²) in [7, 11) is 0. The fourth-order valence-corrected chi connectivity index (χ4v) is 2.87. The van der Waals surface area contributed by atoms with Crippen LogP contribution in [0.4, 0.5) is 0 Å². The van der Waals surface area contributed by atoms with Crippen LogP contribution in [0.5, 0.6) is 0 Å². The third-order valence-electron chi connectivity index (χ3n) is 3.21. The van der Waals surface area contributed by atoms with Crippen LogP contribution in [0.3, 0.4) is 0 Å². The van der Waals surface area contributed by atoms with Crippen LogP contribution < -0.4 is 0 Å². The average Bonchev–Trinajstić information content (AvgIpc) is 2.71. The molecular formula is C11H14BrNO2. The molecule has 1 saturated carbocycles. The van der Waals surface area contributed by atoms with Crippen molar-refractivity contribution in [2.75, 3.05) is 0 Å². The van der Waals surface area contributed by atoms with Crippen LogP contribution in [0.25, 0.3) is 0 Å². The summed E-state index contributed by atoms with van der Waals surface area (Å²) in [5.41, 5.74) is 0.389. The van der Waals surface area contributed by atoms with Gasteiger partial charge in [0.1, 0.15) is 5.69 Å². The van der Waals surface area contributed by atoms with E-state index in [2.05, 4.69) is 22.9 Å². The van der Waals surface area contributed by atoms with Gasteiger partial charge in [0, 0.05) is 16.7 Å². The summed E-state index contributed by atoms with van der Waals surface area (Å²) in [6, 6.07) is 2.02. The molecule has 15 heavy (non-hydrogen) atoms. The largest absolute Gasteiger partial charge is 0.477 e. The number of carbonyl (C=O) groups is 1. The van der Waals surface area contributed by atoms with Gasteiger partial charge in [-0.3, -0.25) is 0 Å². The number of halogens is 1. The lowest BCUT2D eigenvalue weighted by Crippen LogP contribution is -2.16. The van der Waals surface area contributed by atoms with Crippen molar-refractivity contribution >= 4 is 21.9 Å². The van der Waals surface area contributed by atoms with Crippen LogP contribution in [0.2, 0.25) is 0 Å². The summed E-state index contributed by atoms with van der Waals surface area (Å²) < 4.78 is 2.75.